The van der Waals surface area contributed by atoms with Crippen LogP contribution in [-0.4, -0.2) is 48.5 Å². The molecular weight excluding hydrogens is 488 g/mol. The Morgan fingerprint density at radius 3 is 2.51 bits per heavy atom. The van der Waals surface area contributed by atoms with Gasteiger partial charge in [0.2, 0.25) is 10.3 Å². The molecule has 0 saturated heterocycles. The molecule has 1 heterocycles. The number of ether oxygens (including phenoxy) is 4. The standard InChI is InChI=1S/C24H24N4O5S2/c1-4-31-21-14-16(13-17(15-25)22(29)26-23-27-24(34-3)28-35-23)5-10-20(21)33-12-11-32-19-8-6-18(30-2)7-9-19/h5-10,13-14H,4,11-12H2,1-3H3,(H,26,27,28,29). The third kappa shape index (κ3) is 7.63. The maximum atomic E-state index is 12.5. The molecule has 1 N–H and O–H groups in total. The van der Waals surface area contributed by atoms with Gasteiger partial charge in [0.1, 0.15) is 36.4 Å². The van der Waals surface area contributed by atoms with E-state index in [1.165, 1.54) is 17.8 Å². The van der Waals surface area contributed by atoms with E-state index in [4.69, 9.17) is 18.9 Å². The van der Waals surface area contributed by atoms with Crippen LogP contribution in [0.25, 0.3) is 6.08 Å². The molecule has 182 valence electrons. The summed E-state index contributed by atoms with van der Waals surface area (Å²) in [6.07, 6.45) is 3.32. The van der Waals surface area contributed by atoms with Crippen LogP contribution < -0.4 is 24.3 Å². The summed E-state index contributed by atoms with van der Waals surface area (Å²) >= 11 is 2.42. The van der Waals surface area contributed by atoms with E-state index in [9.17, 15) is 10.1 Å². The molecule has 0 radical (unpaired) electrons. The Balaban J connectivity index is 1.63. The van der Waals surface area contributed by atoms with E-state index in [1.807, 2.05) is 43.5 Å². The van der Waals surface area contributed by atoms with E-state index in [1.54, 1.807) is 25.3 Å². The molecule has 3 rings (SSSR count). The lowest BCUT2D eigenvalue weighted by atomic mass is 10.1. The molecule has 0 fully saturated rings. The number of nitrogens with one attached hydrogen (secondary N) is 1. The van der Waals surface area contributed by atoms with Crippen molar-refractivity contribution in [3.63, 3.8) is 0 Å². The van der Waals surface area contributed by atoms with Crippen molar-refractivity contribution in [1.29, 1.82) is 5.26 Å². The van der Waals surface area contributed by atoms with E-state index in [0.29, 0.717) is 52.9 Å². The second-order valence-electron chi connectivity index (χ2n) is 6.72. The Kier molecular flexibility index (Phi) is 9.77. The van der Waals surface area contributed by atoms with E-state index < -0.39 is 5.91 Å². The molecule has 11 heteroatoms. The average molecular weight is 513 g/mol. The van der Waals surface area contributed by atoms with Crippen molar-refractivity contribution < 1.29 is 23.7 Å². The van der Waals surface area contributed by atoms with Crippen molar-refractivity contribution in [3.05, 3.63) is 53.6 Å². The minimum Gasteiger partial charge on any atom is -0.497 e. The van der Waals surface area contributed by atoms with Crippen LogP contribution in [0.1, 0.15) is 12.5 Å². The predicted octanol–water partition coefficient (Wildman–Crippen LogP) is 4.67. The van der Waals surface area contributed by atoms with Crippen molar-refractivity contribution in [2.24, 2.45) is 0 Å². The normalized spacial score (nSPS) is 10.9. The fourth-order valence-corrected chi connectivity index (χ4v) is 3.93. The minimum absolute atomic E-state index is 0.0742. The van der Waals surface area contributed by atoms with Gasteiger partial charge in [0.25, 0.3) is 5.91 Å². The highest BCUT2D eigenvalue weighted by atomic mass is 32.2. The van der Waals surface area contributed by atoms with E-state index in [-0.39, 0.29) is 5.57 Å². The van der Waals surface area contributed by atoms with Crippen LogP contribution >= 0.6 is 23.3 Å². The summed E-state index contributed by atoms with van der Waals surface area (Å²) in [5.41, 5.74) is 0.541. The smallest absolute Gasteiger partial charge is 0.268 e. The SMILES string of the molecule is CCOc1cc(C=C(C#N)C(=O)Nc2nc(SC)ns2)ccc1OCCOc1ccc(OC)cc1. The van der Waals surface area contributed by atoms with Crippen LogP contribution in [0, 0.1) is 11.3 Å². The van der Waals surface area contributed by atoms with Crippen LogP contribution in [0.5, 0.6) is 23.0 Å². The van der Waals surface area contributed by atoms with E-state index in [0.717, 1.165) is 17.3 Å². The predicted molar refractivity (Wildman–Crippen MR) is 136 cm³/mol. The zero-order valence-electron chi connectivity index (χ0n) is 19.4. The Morgan fingerprint density at radius 1 is 1.11 bits per heavy atom. The van der Waals surface area contributed by atoms with Gasteiger partial charge >= 0.3 is 0 Å². The summed E-state index contributed by atoms with van der Waals surface area (Å²) in [7, 11) is 1.61. The molecule has 0 unspecified atom stereocenters. The van der Waals surface area contributed by atoms with E-state index >= 15 is 0 Å². The van der Waals surface area contributed by atoms with Gasteiger partial charge < -0.3 is 18.9 Å². The molecule has 0 aliphatic carbocycles. The zero-order valence-corrected chi connectivity index (χ0v) is 21.1. The highest BCUT2D eigenvalue weighted by Crippen LogP contribution is 2.30. The topological polar surface area (TPSA) is 116 Å². The van der Waals surface area contributed by atoms with Crippen molar-refractivity contribution in [1.82, 2.24) is 9.36 Å². The highest BCUT2D eigenvalue weighted by molar-refractivity contribution is 7.98. The quantitative estimate of drug-likeness (QED) is 0.160. The Labute approximate surface area is 211 Å². The molecule has 0 bridgehead atoms. The van der Waals surface area contributed by atoms with Gasteiger partial charge in [-0.3, -0.25) is 10.1 Å². The largest absolute Gasteiger partial charge is 0.497 e. The summed E-state index contributed by atoms with van der Waals surface area (Å²) in [4.78, 5) is 16.7. The third-order valence-electron chi connectivity index (χ3n) is 4.42. The first kappa shape index (κ1) is 25.9. The number of carbonyl (C=O) groups excluding carboxylic acids is 1. The molecular formula is C24H24N4O5S2. The molecule has 1 aromatic heterocycles. The molecule has 3 aromatic rings. The number of hydrogen-bond donors (Lipinski definition) is 1. The second kappa shape index (κ2) is 13.2. The van der Waals surface area contributed by atoms with Crippen LogP contribution in [-0.2, 0) is 4.79 Å². The Hall–Kier alpha value is -3.75. The summed E-state index contributed by atoms with van der Waals surface area (Å²) < 4.78 is 26.4. The van der Waals surface area contributed by atoms with Gasteiger partial charge in [0.05, 0.1) is 13.7 Å². The summed E-state index contributed by atoms with van der Waals surface area (Å²) in [5, 5.41) is 13.0. The van der Waals surface area contributed by atoms with Crippen molar-refractivity contribution >= 4 is 40.4 Å². The first-order valence-electron chi connectivity index (χ1n) is 10.5. The first-order chi connectivity index (χ1) is 17.1. The number of aromatic nitrogens is 2. The fourth-order valence-electron chi connectivity index (χ4n) is 2.81. The van der Waals surface area contributed by atoms with Gasteiger partial charge in [0, 0.05) is 11.5 Å². The summed E-state index contributed by atoms with van der Waals surface area (Å²) in [5.74, 6) is 1.93. The van der Waals surface area contributed by atoms with Crippen LogP contribution in [0.4, 0.5) is 5.13 Å². The van der Waals surface area contributed by atoms with Gasteiger partial charge in [-0.15, -0.1) is 0 Å². The maximum absolute atomic E-state index is 12.5. The number of hydrogen-bond acceptors (Lipinski definition) is 10. The lowest BCUT2D eigenvalue weighted by Gasteiger charge is -2.13. The van der Waals surface area contributed by atoms with E-state index in [2.05, 4.69) is 14.7 Å². The van der Waals surface area contributed by atoms with Gasteiger partial charge in [-0.1, -0.05) is 17.8 Å². The molecule has 0 spiro atoms. The Morgan fingerprint density at radius 2 is 1.86 bits per heavy atom. The lowest BCUT2D eigenvalue weighted by molar-refractivity contribution is -0.112. The Bertz CT molecular complexity index is 1210. The average Bonchev–Trinajstić information content (AvgIpc) is 3.34. The number of anilines is 1. The number of rotatable bonds is 12. The van der Waals surface area contributed by atoms with Gasteiger partial charge in [-0.25, -0.2) is 0 Å². The summed E-state index contributed by atoms with van der Waals surface area (Å²) in [6, 6.07) is 14.4. The van der Waals surface area contributed by atoms with Crippen molar-refractivity contribution in [2.75, 3.05) is 38.5 Å². The lowest BCUT2D eigenvalue weighted by Crippen LogP contribution is -2.13. The molecule has 1 amide bonds. The summed E-state index contributed by atoms with van der Waals surface area (Å²) in [6.45, 7) is 2.92. The number of carbonyl (C=O) groups is 1. The fraction of sp³-hybridized carbons (Fsp3) is 0.250. The van der Waals surface area contributed by atoms with Crippen molar-refractivity contribution in [3.8, 4) is 29.1 Å². The number of amides is 1. The number of thioether (sulfide) groups is 1. The monoisotopic (exact) mass is 512 g/mol. The zero-order chi connectivity index (χ0) is 25.0. The van der Waals surface area contributed by atoms with Gasteiger partial charge in [-0.05, 0) is 61.2 Å². The third-order valence-corrected chi connectivity index (χ3v) is 5.72. The molecule has 0 aliphatic rings. The molecule has 9 nitrogen and oxygen atoms in total. The van der Waals surface area contributed by atoms with Crippen LogP contribution in [0.15, 0.2) is 53.2 Å². The molecule has 2 aromatic carbocycles. The van der Waals surface area contributed by atoms with Gasteiger partial charge in [0.15, 0.2) is 11.5 Å². The van der Waals surface area contributed by atoms with Crippen LogP contribution in [0.3, 0.4) is 0 Å². The molecule has 0 saturated carbocycles. The number of nitrogens with zero attached hydrogens (tertiary/aromatic N) is 3. The highest BCUT2D eigenvalue weighted by Gasteiger charge is 2.14. The minimum atomic E-state index is -0.565. The maximum Gasteiger partial charge on any atom is 0.268 e. The molecule has 35 heavy (non-hydrogen) atoms. The molecule has 0 aliphatic heterocycles. The first-order valence-corrected chi connectivity index (χ1v) is 12.5. The molecule has 0 atom stereocenters. The number of benzene rings is 2. The number of methoxy groups -OCH3 is 1. The van der Waals surface area contributed by atoms with Crippen LogP contribution in [0.2, 0.25) is 0 Å². The second-order valence-corrected chi connectivity index (χ2v) is 8.25. The van der Waals surface area contributed by atoms with Gasteiger partial charge in [-0.2, -0.15) is 14.6 Å². The van der Waals surface area contributed by atoms with Crippen molar-refractivity contribution in [2.45, 2.75) is 12.1 Å². The number of nitriles is 1.